The second-order valence-electron chi connectivity index (χ2n) is 4.04. The third-order valence-electron chi connectivity index (χ3n) is 2.76. The average Bonchev–Trinajstić information content (AvgIpc) is 2.86. The number of rotatable bonds is 4. The van der Waals surface area contributed by atoms with Crippen molar-refractivity contribution in [1.29, 1.82) is 0 Å². The van der Waals surface area contributed by atoms with Gasteiger partial charge in [0.2, 0.25) is 5.60 Å². The molecule has 2 aromatic rings. The minimum absolute atomic E-state index is 0.148. The van der Waals surface area contributed by atoms with Crippen LogP contribution in [0.5, 0.6) is 0 Å². The first kappa shape index (κ1) is 15.2. The summed E-state index contributed by atoms with van der Waals surface area (Å²) in [5.41, 5.74) is -1.66. The summed E-state index contributed by atoms with van der Waals surface area (Å²) in [6.07, 6.45) is 0. The van der Waals surface area contributed by atoms with Gasteiger partial charge in [-0.15, -0.1) is 11.3 Å². The largest absolute Gasteiger partial charge is 0.463 e. The van der Waals surface area contributed by atoms with Crippen LogP contribution in [0.1, 0.15) is 17.4 Å². The molecule has 3 nitrogen and oxygen atoms in total. The lowest BCUT2D eigenvalue weighted by Crippen LogP contribution is -2.37. The van der Waals surface area contributed by atoms with Crippen molar-refractivity contribution in [2.45, 2.75) is 12.5 Å². The Labute approximate surface area is 128 Å². The number of thiophene rings is 1. The molecule has 0 spiro atoms. The fraction of sp³-hybridized carbons (Fsp3) is 0.214. The molecule has 20 heavy (non-hydrogen) atoms. The van der Waals surface area contributed by atoms with E-state index in [4.69, 9.17) is 4.74 Å². The van der Waals surface area contributed by atoms with Gasteiger partial charge in [0.1, 0.15) is 5.82 Å². The fourth-order valence-corrected chi connectivity index (χ4v) is 3.28. The summed E-state index contributed by atoms with van der Waals surface area (Å²) in [5, 5.41) is 10.9. The summed E-state index contributed by atoms with van der Waals surface area (Å²) in [7, 11) is 0. The summed E-state index contributed by atoms with van der Waals surface area (Å²) in [4.78, 5) is 12.6. The van der Waals surface area contributed by atoms with Gasteiger partial charge >= 0.3 is 5.97 Å². The van der Waals surface area contributed by atoms with Crippen molar-refractivity contribution in [1.82, 2.24) is 0 Å². The topological polar surface area (TPSA) is 46.5 Å². The normalized spacial score (nSPS) is 13.8. The van der Waals surface area contributed by atoms with Crippen LogP contribution in [-0.4, -0.2) is 17.7 Å². The number of carbonyl (C=O) groups excluding carboxylic acids is 1. The molecule has 0 saturated carbocycles. The van der Waals surface area contributed by atoms with Crippen molar-refractivity contribution in [3.05, 3.63) is 56.4 Å². The molecular weight excluding hydrogens is 347 g/mol. The zero-order chi connectivity index (χ0) is 14.8. The fourth-order valence-electron chi connectivity index (χ4n) is 1.80. The Morgan fingerprint density at radius 2 is 2.00 bits per heavy atom. The smallest absolute Gasteiger partial charge is 0.348 e. The summed E-state index contributed by atoms with van der Waals surface area (Å²) in [5.74, 6) is -1.21. The molecular formula is C14H12BrFO3S. The molecule has 1 aromatic carbocycles. The van der Waals surface area contributed by atoms with E-state index in [0.717, 1.165) is 3.79 Å². The minimum atomic E-state index is -1.93. The standard InChI is InChI=1S/C14H12BrFO3S/c1-2-19-13(17)14(18,11-7-8-12(15)20-11)9-3-5-10(16)6-4-9/h3-8,18H,2H2,1H3. The van der Waals surface area contributed by atoms with Crippen LogP contribution in [0.15, 0.2) is 40.2 Å². The number of hydrogen-bond donors (Lipinski definition) is 1. The lowest BCUT2D eigenvalue weighted by molar-refractivity contribution is -0.161. The highest BCUT2D eigenvalue weighted by atomic mass is 79.9. The van der Waals surface area contributed by atoms with E-state index in [1.807, 2.05) is 0 Å². The Bertz CT molecular complexity index is 611. The number of carbonyl (C=O) groups is 1. The summed E-state index contributed by atoms with van der Waals surface area (Å²) < 4.78 is 18.8. The molecule has 0 aliphatic rings. The molecule has 0 radical (unpaired) electrons. The number of esters is 1. The van der Waals surface area contributed by atoms with Crippen molar-refractivity contribution in [3.63, 3.8) is 0 Å². The van der Waals surface area contributed by atoms with Gasteiger partial charge in [-0.1, -0.05) is 12.1 Å². The average molecular weight is 359 g/mol. The van der Waals surface area contributed by atoms with Gasteiger partial charge in [-0.3, -0.25) is 0 Å². The molecule has 6 heteroatoms. The molecule has 0 aliphatic carbocycles. The molecule has 1 unspecified atom stereocenters. The number of ether oxygens (including phenoxy) is 1. The number of aliphatic hydroxyl groups is 1. The third-order valence-corrected chi connectivity index (χ3v) is 4.50. The lowest BCUT2D eigenvalue weighted by Gasteiger charge is -2.25. The van der Waals surface area contributed by atoms with Crippen molar-refractivity contribution >= 4 is 33.2 Å². The SMILES string of the molecule is CCOC(=O)C(O)(c1ccc(F)cc1)c1ccc(Br)s1. The summed E-state index contributed by atoms with van der Waals surface area (Å²) in [6, 6.07) is 8.51. The Morgan fingerprint density at radius 1 is 1.35 bits per heavy atom. The van der Waals surface area contributed by atoms with E-state index >= 15 is 0 Å². The zero-order valence-electron chi connectivity index (χ0n) is 10.6. The second kappa shape index (κ2) is 6.03. The third kappa shape index (κ3) is 2.77. The van der Waals surface area contributed by atoms with Crippen LogP contribution in [0.2, 0.25) is 0 Å². The molecule has 1 atom stereocenters. The monoisotopic (exact) mass is 358 g/mol. The van der Waals surface area contributed by atoms with Crippen molar-refractivity contribution in [3.8, 4) is 0 Å². The van der Waals surface area contributed by atoms with E-state index in [1.54, 1.807) is 19.1 Å². The van der Waals surface area contributed by atoms with E-state index < -0.39 is 17.4 Å². The maximum Gasteiger partial charge on any atom is 0.348 e. The molecule has 0 saturated heterocycles. The molecule has 0 fully saturated rings. The first-order chi connectivity index (χ1) is 9.48. The Kier molecular flexibility index (Phi) is 4.57. The van der Waals surface area contributed by atoms with E-state index in [2.05, 4.69) is 15.9 Å². The van der Waals surface area contributed by atoms with Gasteiger partial charge in [0.15, 0.2) is 0 Å². The lowest BCUT2D eigenvalue weighted by atomic mass is 9.92. The Hall–Kier alpha value is -1.24. The van der Waals surface area contributed by atoms with Crippen LogP contribution in [-0.2, 0) is 15.1 Å². The van der Waals surface area contributed by atoms with Crippen LogP contribution in [0.4, 0.5) is 4.39 Å². The van der Waals surface area contributed by atoms with Gasteiger partial charge in [-0.25, -0.2) is 9.18 Å². The van der Waals surface area contributed by atoms with E-state index in [1.165, 1.54) is 35.6 Å². The second-order valence-corrected chi connectivity index (χ2v) is 6.50. The van der Waals surface area contributed by atoms with Crippen LogP contribution in [0.25, 0.3) is 0 Å². The minimum Gasteiger partial charge on any atom is -0.463 e. The van der Waals surface area contributed by atoms with Gasteiger partial charge in [-0.05, 0) is 47.1 Å². The zero-order valence-corrected chi connectivity index (χ0v) is 13.0. The Morgan fingerprint density at radius 3 is 2.50 bits per heavy atom. The molecule has 1 N–H and O–H groups in total. The molecule has 106 valence electrons. The highest BCUT2D eigenvalue weighted by Gasteiger charge is 2.43. The van der Waals surface area contributed by atoms with Gasteiger partial charge in [-0.2, -0.15) is 0 Å². The molecule has 0 amide bonds. The predicted molar refractivity (Wildman–Crippen MR) is 78.1 cm³/mol. The molecule has 1 heterocycles. The summed E-state index contributed by atoms with van der Waals surface area (Å²) in [6.45, 7) is 1.81. The highest BCUT2D eigenvalue weighted by Crippen LogP contribution is 2.37. The maximum absolute atomic E-state index is 13.0. The molecule has 0 aliphatic heterocycles. The van der Waals surface area contributed by atoms with Gasteiger partial charge in [0.25, 0.3) is 0 Å². The van der Waals surface area contributed by atoms with Crippen LogP contribution >= 0.6 is 27.3 Å². The van der Waals surface area contributed by atoms with Crippen molar-refractivity contribution in [2.75, 3.05) is 6.61 Å². The van der Waals surface area contributed by atoms with E-state index in [0.29, 0.717) is 4.88 Å². The van der Waals surface area contributed by atoms with Crippen LogP contribution in [0.3, 0.4) is 0 Å². The molecule has 1 aromatic heterocycles. The first-order valence-corrected chi connectivity index (χ1v) is 7.51. The van der Waals surface area contributed by atoms with Gasteiger partial charge in [0, 0.05) is 5.56 Å². The van der Waals surface area contributed by atoms with E-state index in [9.17, 15) is 14.3 Å². The van der Waals surface area contributed by atoms with Crippen molar-refractivity contribution < 1.29 is 19.0 Å². The van der Waals surface area contributed by atoms with Gasteiger partial charge < -0.3 is 9.84 Å². The van der Waals surface area contributed by atoms with Crippen LogP contribution in [0, 0.1) is 5.82 Å². The predicted octanol–water partition coefficient (Wildman–Crippen LogP) is 3.45. The van der Waals surface area contributed by atoms with Crippen molar-refractivity contribution in [2.24, 2.45) is 0 Å². The highest BCUT2D eigenvalue weighted by molar-refractivity contribution is 9.11. The maximum atomic E-state index is 13.0. The quantitative estimate of drug-likeness (QED) is 0.851. The van der Waals surface area contributed by atoms with E-state index in [-0.39, 0.29) is 12.2 Å². The molecule has 2 rings (SSSR count). The molecule has 0 bridgehead atoms. The Balaban J connectivity index is 2.54. The van der Waals surface area contributed by atoms with Crippen LogP contribution < -0.4 is 0 Å². The number of halogens is 2. The first-order valence-electron chi connectivity index (χ1n) is 5.90. The summed E-state index contributed by atoms with van der Waals surface area (Å²) >= 11 is 4.51. The number of benzene rings is 1. The number of hydrogen-bond acceptors (Lipinski definition) is 4. The van der Waals surface area contributed by atoms with Gasteiger partial charge in [0.05, 0.1) is 15.3 Å².